The SMILES string of the molecule is C[C@H]1CN=C(c2ccc(CC3CCN(C(=O)c4ccc(Cl)cc4)CC3)cc2)O1. The van der Waals surface area contributed by atoms with E-state index in [2.05, 4.69) is 29.3 Å². The average Bonchev–Trinajstić information content (AvgIpc) is 3.15. The van der Waals surface area contributed by atoms with Crippen LogP contribution in [-0.4, -0.2) is 42.4 Å². The fourth-order valence-corrected chi connectivity index (χ4v) is 3.99. The predicted molar refractivity (Wildman–Crippen MR) is 112 cm³/mol. The summed E-state index contributed by atoms with van der Waals surface area (Å²) >= 11 is 5.91. The summed E-state index contributed by atoms with van der Waals surface area (Å²) in [5.41, 5.74) is 3.10. The lowest BCUT2D eigenvalue weighted by molar-refractivity contribution is 0.0690. The largest absolute Gasteiger partial charge is 0.472 e. The van der Waals surface area contributed by atoms with Crippen molar-refractivity contribution in [3.63, 3.8) is 0 Å². The van der Waals surface area contributed by atoms with Gasteiger partial charge in [0.05, 0.1) is 6.54 Å². The van der Waals surface area contributed by atoms with Crippen LogP contribution in [0.2, 0.25) is 5.02 Å². The van der Waals surface area contributed by atoms with Crippen molar-refractivity contribution in [3.05, 3.63) is 70.2 Å². The van der Waals surface area contributed by atoms with E-state index in [1.165, 1.54) is 5.56 Å². The molecule has 0 spiro atoms. The molecule has 0 N–H and O–H groups in total. The lowest BCUT2D eigenvalue weighted by atomic mass is 9.89. The maximum atomic E-state index is 12.6. The Kier molecular flexibility index (Phi) is 5.67. The van der Waals surface area contributed by atoms with Gasteiger partial charge in [-0.3, -0.25) is 4.79 Å². The number of halogens is 1. The van der Waals surface area contributed by atoms with Gasteiger partial charge in [-0.15, -0.1) is 0 Å². The number of amides is 1. The molecule has 0 unspecified atom stereocenters. The predicted octanol–water partition coefficient (Wildman–Crippen LogP) is 4.60. The molecule has 2 aliphatic heterocycles. The van der Waals surface area contributed by atoms with Gasteiger partial charge >= 0.3 is 0 Å². The number of carbonyl (C=O) groups is 1. The minimum Gasteiger partial charge on any atom is -0.472 e. The van der Waals surface area contributed by atoms with Gasteiger partial charge in [0.15, 0.2) is 0 Å². The molecule has 4 nitrogen and oxygen atoms in total. The summed E-state index contributed by atoms with van der Waals surface area (Å²) in [7, 11) is 0. The van der Waals surface area contributed by atoms with E-state index in [-0.39, 0.29) is 12.0 Å². The van der Waals surface area contributed by atoms with Gasteiger partial charge in [-0.1, -0.05) is 23.7 Å². The topological polar surface area (TPSA) is 41.9 Å². The molecule has 146 valence electrons. The highest BCUT2D eigenvalue weighted by atomic mass is 35.5. The molecule has 2 aromatic carbocycles. The van der Waals surface area contributed by atoms with Gasteiger partial charge in [0.25, 0.3) is 5.91 Å². The summed E-state index contributed by atoms with van der Waals surface area (Å²) in [5, 5.41) is 0.655. The van der Waals surface area contributed by atoms with Crippen LogP contribution in [0, 0.1) is 5.92 Å². The second-order valence-electron chi connectivity index (χ2n) is 7.72. The first-order chi connectivity index (χ1) is 13.6. The van der Waals surface area contributed by atoms with Crippen LogP contribution >= 0.6 is 11.6 Å². The molecular weight excluding hydrogens is 372 g/mol. The highest BCUT2D eigenvalue weighted by molar-refractivity contribution is 6.30. The average molecular weight is 397 g/mol. The van der Waals surface area contributed by atoms with Crippen molar-refractivity contribution in [2.45, 2.75) is 32.3 Å². The number of likely N-dealkylation sites (tertiary alicyclic amines) is 1. The Bertz CT molecular complexity index is 853. The van der Waals surface area contributed by atoms with E-state index in [1.54, 1.807) is 24.3 Å². The quantitative estimate of drug-likeness (QED) is 0.757. The number of ether oxygens (including phenoxy) is 1. The summed E-state index contributed by atoms with van der Waals surface area (Å²) in [5.74, 6) is 1.47. The van der Waals surface area contributed by atoms with Crippen molar-refractivity contribution in [3.8, 4) is 0 Å². The Balaban J connectivity index is 1.29. The number of nitrogens with zero attached hydrogens (tertiary/aromatic N) is 2. The number of carbonyl (C=O) groups excluding carboxylic acids is 1. The lowest BCUT2D eigenvalue weighted by Crippen LogP contribution is -2.38. The molecule has 0 bridgehead atoms. The summed E-state index contributed by atoms with van der Waals surface area (Å²) in [6, 6.07) is 15.7. The van der Waals surface area contributed by atoms with Crippen LogP contribution < -0.4 is 0 Å². The van der Waals surface area contributed by atoms with E-state index < -0.39 is 0 Å². The molecule has 1 atom stereocenters. The van der Waals surface area contributed by atoms with Crippen molar-refractivity contribution < 1.29 is 9.53 Å². The molecule has 28 heavy (non-hydrogen) atoms. The first kappa shape index (κ1) is 19.0. The summed E-state index contributed by atoms with van der Waals surface area (Å²) in [6.45, 7) is 4.40. The molecule has 4 rings (SSSR count). The van der Waals surface area contributed by atoms with E-state index in [4.69, 9.17) is 16.3 Å². The Morgan fingerprint density at radius 1 is 1.11 bits per heavy atom. The van der Waals surface area contributed by atoms with Gasteiger partial charge in [0, 0.05) is 29.2 Å². The second-order valence-corrected chi connectivity index (χ2v) is 8.15. The van der Waals surface area contributed by atoms with Crippen LogP contribution in [-0.2, 0) is 11.2 Å². The summed E-state index contributed by atoms with van der Waals surface area (Å²) in [4.78, 5) is 19.0. The maximum absolute atomic E-state index is 12.6. The number of hydrogen-bond acceptors (Lipinski definition) is 3. The molecule has 0 aliphatic carbocycles. The van der Waals surface area contributed by atoms with Gasteiger partial charge in [-0.2, -0.15) is 0 Å². The Morgan fingerprint density at radius 2 is 1.79 bits per heavy atom. The van der Waals surface area contributed by atoms with Crippen molar-refractivity contribution in [1.82, 2.24) is 4.90 Å². The zero-order valence-corrected chi connectivity index (χ0v) is 16.9. The third-order valence-corrected chi connectivity index (χ3v) is 5.77. The first-order valence-corrected chi connectivity index (χ1v) is 10.3. The van der Waals surface area contributed by atoms with Gasteiger partial charge in [-0.25, -0.2) is 4.99 Å². The maximum Gasteiger partial charge on any atom is 0.253 e. The molecular formula is C23H25ClN2O2. The second kappa shape index (κ2) is 8.36. The smallest absolute Gasteiger partial charge is 0.253 e. The molecule has 0 radical (unpaired) electrons. The number of benzene rings is 2. The number of piperidine rings is 1. The zero-order chi connectivity index (χ0) is 19.5. The highest BCUT2D eigenvalue weighted by Gasteiger charge is 2.24. The molecule has 1 amide bonds. The van der Waals surface area contributed by atoms with Gasteiger partial charge in [0.2, 0.25) is 5.90 Å². The van der Waals surface area contributed by atoms with Gasteiger partial charge < -0.3 is 9.64 Å². The van der Waals surface area contributed by atoms with Crippen molar-refractivity contribution in [2.75, 3.05) is 19.6 Å². The number of rotatable bonds is 4. The molecule has 1 fully saturated rings. The minimum absolute atomic E-state index is 0.103. The standard InChI is InChI=1S/C23H25ClN2O2/c1-16-15-25-22(28-16)19-4-2-17(3-5-19)14-18-10-12-26(13-11-18)23(27)20-6-8-21(24)9-7-20/h2-9,16,18H,10-15H2,1H3/t16-/m0/s1. The van der Waals surface area contributed by atoms with E-state index >= 15 is 0 Å². The van der Waals surface area contributed by atoms with Crippen molar-refractivity contribution in [2.24, 2.45) is 10.9 Å². The molecule has 0 saturated carbocycles. The van der Waals surface area contributed by atoms with Crippen LogP contribution in [0.4, 0.5) is 0 Å². The van der Waals surface area contributed by atoms with Crippen LogP contribution in [0.1, 0.15) is 41.3 Å². The zero-order valence-electron chi connectivity index (χ0n) is 16.1. The van der Waals surface area contributed by atoms with E-state index in [0.29, 0.717) is 16.5 Å². The summed E-state index contributed by atoms with van der Waals surface area (Å²) < 4.78 is 5.72. The van der Waals surface area contributed by atoms with Crippen LogP contribution in [0.5, 0.6) is 0 Å². The van der Waals surface area contributed by atoms with Gasteiger partial charge in [0.1, 0.15) is 6.10 Å². The van der Waals surface area contributed by atoms with E-state index in [9.17, 15) is 4.79 Å². The molecule has 2 heterocycles. The third-order valence-electron chi connectivity index (χ3n) is 5.52. The van der Waals surface area contributed by atoms with E-state index in [1.807, 2.05) is 11.8 Å². The van der Waals surface area contributed by atoms with E-state index in [0.717, 1.165) is 50.4 Å². The lowest BCUT2D eigenvalue weighted by Gasteiger charge is -2.32. The third kappa shape index (κ3) is 4.39. The van der Waals surface area contributed by atoms with Crippen molar-refractivity contribution in [1.29, 1.82) is 0 Å². The monoisotopic (exact) mass is 396 g/mol. The summed E-state index contributed by atoms with van der Waals surface area (Å²) in [6.07, 6.45) is 3.30. The molecule has 2 aliphatic rings. The molecule has 1 saturated heterocycles. The van der Waals surface area contributed by atoms with Crippen molar-refractivity contribution >= 4 is 23.4 Å². The highest BCUT2D eigenvalue weighted by Crippen LogP contribution is 2.24. The fourth-order valence-electron chi connectivity index (χ4n) is 3.87. The minimum atomic E-state index is 0.103. The Morgan fingerprint density at radius 3 is 2.39 bits per heavy atom. The Hall–Kier alpha value is -2.33. The first-order valence-electron chi connectivity index (χ1n) is 9.94. The van der Waals surface area contributed by atoms with Gasteiger partial charge in [-0.05, 0) is 74.1 Å². The number of aliphatic imine (C=N–C) groups is 1. The fraction of sp³-hybridized carbons (Fsp3) is 0.391. The molecule has 2 aromatic rings. The van der Waals surface area contributed by atoms with Crippen LogP contribution in [0.15, 0.2) is 53.5 Å². The van der Waals surface area contributed by atoms with Crippen LogP contribution in [0.25, 0.3) is 0 Å². The molecule has 5 heteroatoms. The Labute approximate surface area is 171 Å². The normalized spacial score (nSPS) is 20.0. The number of hydrogen-bond donors (Lipinski definition) is 0. The van der Waals surface area contributed by atoms with Crippen LogP contribution in [0.3, 0.4) is 0 Å². The molecule has 0 aromatic heterocycles.